The van der Waals surface area contributed by atoms with Crippen LogP contribution < -0.4 is 5.73 Å². The van der Waals surface area contributed by atoms with Gasteiger partial charge in [0.15, 0.2) is 0 Å². The first-order valence-electron chi connectivity index (χ1n) is 7.47. The van der Waals surface area contributed by atoms with E-state index in [1.807, 2.05) is 11.8 Å². The van der Waals surface area contributed by atoms with Gasteiger partial charge in [-0.05, 0) is 55.4 Å². The van der Waals surface area contributed by atoms with Gasteiger partial charge in [0.25, 0.3) is 0 Å². The van der Waals surface area contributed by atoms with Crippen LogP contribution in [0.25, 0.3) is 0 Å². The molecule has 0 amide bonds. The molecule has 2 N–H and O–H groups in total. The highest BCUT2D eigenvalue weighted by Gasteiger charge is 2.68. The van der Waals surface area contributed by atoms with Crippen LogP contribution in [-0.2, 0) is 9.31 Å². The van der Waals surface area contributed by atoms with Crippen LogP contribution in [0.5, 0.6) is 0 Å². The maximum Gasteiger partial charge on any atom is 0.475 e. The van der Waals surface area contributed by atoms with Gasteiger partial charge in [0, 0.05) is 5.94 Å². The first kappa shape index (κ1) is 14.2. The molecule has 5 heteroatoms. The van der Waals surface area contributed by atoms with E-state index in [-0.39, 0.29) is 24.8 Å². The minimum absolute atomic E-state index is 0.00943. The van der Waals surface area contributed by atoms with Gasteiger partial charge in [-0.2, -0.15) is 11.8 Å². The summed E-state index contributed by atoms with van der Waals surface area (Å²) in [5.41, 5.74) is 6.54. The number of rotatable bonds is 4. The van der Waals surface area contributed by atoms with E-state index in [9.17, 15) is 0 Å². The van der Waals surface area contributed by atoms with E-state index >= 15 is 0 Å². The van der Waals surface area contributed by atoms with Crippen molar-refractivity contribution in [1.29, 1.82) is 0 Å². The number of thioether (sulfide) groups is 1. The van der Waals surface area contributed by atoms with Crippen LogP contribution >= 0.6 is 11.8 Å². The SMILES string of the molecule is CSCC[C@H](N)B1OC2C[C@@H]3C[C@@H](C3(C)C)[C@]2(C)O1. The molecule has 3 aliphatic carbocycles. The minimum atomic E-state index is -0.197. The fourth-order valence-electron chi connectivity index (χ4n) is 4.47. The van der Waals surface area contributed by atoms with Gasteiger partial charge < -0.3 is 15.0 Å². The molecule has 0 spiro atoms. The second-order valence-electron chi connectivity index (χ2n) is 7.28. The smallest absolute Gasteiger partial charge is 0.404 e. The van der Waals surface area contributed by atoms with Crippen molar-refractivity contribution in [3.8, 4) is 0 Å². The summed E-state index contributed by atoms with van der Waals surface area (Å²) in [6.07, 6.45) is 5.78. The normalized spacial score (nSPS) is 44.7. The highest BCUT2D eigenvalue weighted by molar-refractivity contribution is 7.98. The summed E-state index contributed by atoms with van der Waals surface area (Å²) in [5.74, 6) is 2.51. The van der Waals surface area contributed by atoms with Crippen LogP contribution in [0.4, 0.5) is 0 Å². The molecule has 3 nitrogen and oxygen atoms in total. The zero-order valence-electron chi connectivity index (χ0n) is 12.5. The Morgan fingerprint density at radius 3 is 2.74 bits per heavy atom. The Morgan fingerprint density at radius 2 is 2.11 bits per heavy atom. The lowest BCUT2D eigenvalue weighted by Crippen LogP contribution is -2.65. The highest BCUT2D eigenvalue weighted by Crippen LogP contribution is 2.65. The third-order valence-corrected chi connectivity index (χ3v) is 6.62. The van der Waals surface area contributed by atoms with Gasteiger partial charge in [0.05, 0.1) is 11.7 Å². The molecular weight excluding hydrogens is 257 g/mol. The molecule has 108 valence electrons. The van der Waals surface area contributed by atoms with Crippen molar-refractivity contribution < 1.29 is 9.31 Å². The average molecular weight is 283 g/mol. The Hall–Kier alpha value is 0.295. The van der Waals surface area contributed by atoms with Crippen molar-refractivity contribution in [2.24, 2.45) is 23.0 Å². The van der Waals surface area contributed by atoms with E-state index in [0.29, 0.717) is 11.3 Å². The largest absolute Gasteiger partial charge is 0.475 e. The lowest BCUT2D eigenvalue weighted by molar-refractivity contribution is -0.199. The maximum atomic E-state index is 6.34. The van der Waals surface area contributed by atoms with Crippen molar-refractivity contribution in [3.05, 3.63) is 0 Å². The molecule has 0 aromatic heterocycles. The monoisotopic (exact) mass is 283 g/mol. The summed E-state index contributed by atoms with van der Waals surface area (Å²) in [6.45, 7) is 7.02. The highest BCUT2D eigenvalue weighted by atomic mass is 32.2. The van der Waals surface area contributed by atoms with Crippen LogP contribution in [-0.4, -0.2) is 36.8 Å². The molecule has 3 saturated carbocycles. The second kappa shape index (κ2) is 4.65. The molecule has 1 aliphatic heterocycles. The Kier molecular flexibility index (Phi) is 3.49. The summed E-state index contributed by atoms with van der Waals surface area (Å²) in [7, 11) is -0.197. The average Bonchev–Trinajstić information content (AvgIpc) is 2.72. The van der Waals surface area contributed by atoms with Crippen molar-refractivity contribution in [2.45, 2.75) is 57.7 Å². The van der Waals surface area contributed by atoms with Crippen molar-refractivity contribution in [3.63, 3.8) is 0 Å². The van der Waals surface area contributed by atoms with Gasteiger partial charge in [-0.25, -0.2) is 0 Å². The molecule has 5 atom stereocenters. The third-order valence-electron chi connectivity index (χ3n) is 5.97. The summed E-state index contributed by atoms with van der Waals surface area (Å²) in [6, 6.07) is 0. The van der Waals surface area contributed by atoms with E-state index in [1.54, 1.807) is 0 Å². The summed E-state index contributed by atoms with van der Waals surface area (Å²) in [4.78, 5) is 0. The minimum Gasteiger partial charge on any atom is -0.404 e. The molecule has 4 fully saturated rings. The number of nitrogens with two attached hydrogens (primary N) is 1. The van der Waals surface area contributed by atoms with Gasteiger partial charge in [0.1, 0.15) is 0 Å². The predicted molar refractivity (Wildman–Crippen MR) is 81.1 cm³/mol. The fourth-order valence-corrected chi connectivity index (χ4v) is 4.98. The maximum absolute atomic E-state index is 6.34. The summed E-state index contributed by atoms with van der Waals surface area (Å²) >= 11 is 1.83. The Morgan fingerprint density at radius 1 is 1.37 bits per heavy atom. The molecule has 1 heterocycles. The molecule has 2 bridgehead atoms. The number of hydrogen-bond acceptors (Lipinski definition) is 4. The molecule has 4 aliphatic rings. The van der Waals surface area contributed by atoms with Crippen LogP contribution in [0.3, 0.4) is 0 Å². The zero-order chi connectivity index (χ0) is 13.8. The van der Waals surface area contributed by atoms with Crippen molar-refractivity contribution in [1.82, 2.24) is 0 Å². The van der Waals surface area contributed by atoms with E-state index in [0.717, 1.165) is 24.5 Å². The zero-order valence-corrected chi connectivity index (χ0v) is 13.3. The Labute approximate surface area is 121 Å². The molecule has 1 saturated heterocycles. The summed E-state index contributed by atoms with van der Waals surface area (Å²) in [5, 5.41) is 0. The van der Waals surface area contributed by atoms with Gasteiger partial charge >= 0.3 is 7.12 Å². The standard InChI is InChI=1S/C14H26BNO2S/c1-13(2)9-7-10(13)14(3)11(8-9)17-15(18-14)12(16)5-6-19-4/h9-12H,5-8,16H2,1-4H3/t9-,10-,11?,12-,14-/m0/s1. The Balaban J connectivity index is 1.70. The quantitative estimate of drug-likeness (QED) is 0.804. The summed E-state index contributed by atoms with van der Waals surface area (Å²) < 4.78 is 12.5. The van der Waals surface area contributed by atoms with Crippen LogP contribution in [0.1, 0.15) is 40.0 Å². The lowest BCUT2D eigenvalue weighted by atomic mass is 9.43. The van der Waals surface area contributed by atoms with Gasteiger partial charge in [0.2, 0.25) is 0 Å². The first-order valence-corrected chi connectivity index (χ1v) is 8.86. The third kappa shape index (κ3) is 2.00. The van der Waals surface area contributed by atoms with Crippen molar-refractivity contribution in [2.75, 3.05) is 12.0 Å². The van der Waals surface area contributed by atoms with Crippen LogP contribution in [0.15, 0.2) is 0 Å². The molecule has 0 radical (unpaired) electrons. The van der Waals surface area contributed by atoms with Crippen LogP contribution in [0, 0.1) is 17.3 Å². The molecule has 19 heavy (non-hydrogen) atoms. The number of hydrogen-bond donors (Lipinski definition) is 1. The topological polar surface area (TPSA) is 44.5 Å². The van der Waals surface area contributed by atoms with Gasteiger partial charge in [-0.15, -0.1) is 0 Å². The lowest BCUT2D eigenvalue weighted by Gasteiger charge is -2.64. The molecule has 0 aromatic carbocycles. The van der Waals surface area contributed by atoms with Gasteiger partial charge in [-0.3, -0.25) is 0 Å². The Bertz CT molecular complexity index is 367. The fraction of sp³-hybridized carbons (Fsp3) is 1.00. The molecule has 4 rings (SSSR count). The van der Waals surface area contributed by atoms with Crippen LogP contribution in [0.2, 0.25) is 0 Å². The van der Waals surface area contributed by atoms with Gasteiger partial charge in [-0.1, -0.05) is 13.8 Å². The molecular formula is C14H26BNO2S. The second-order valence-corrected chi connectivity index (χ2v) is 8.27. The first-order chi connectivity index (χ1) is 8.89. The molecule has 0 aromatic rings. The van der Waals surface area contributed by atoms with E-state index in [2.05, 4.69) is 27.0 Å². The predicted octanol–water partition coefficient (Wildman–Crippen LogP) is 2.33. The molecule has 1 unspecified atom stereocenters. The van der Waals surface area contributed by atoms with Crippen molar-refractivity contribution >= 4 is 18.9 Å². The van der Waals surface area contributed by atoms with E-state index in [1.165, 1.54) is 6.42 Å². The van der Waals surface area contributed by atoms with E-state index in [4.69, 9.17) is 15.0 Å². The van der Waals surface area contributed by atoms with E-state index < -0.39 is 0 Å².